The topological polar surface area (TPSA) is 58.3 Å². The van der Waals surface area contributed by atoms with Gasteiger partial charge < -0.3 is 14.8 Å². The average Bonchev–Trinajstić information content (AvgIpc) is 2.85. The Labute approximate surface area is 113 Å². The van der Waals surface area contributed by atoms with Crippen LogP contribution in [0.1, 0.15) is 32.3 Å². The largest absolute Gasteiger partial charge is 0.443 e. The van der Waals surface area contributed by atoms with Crippen molar-refractivity contribution in [3.8, 4) is 0 Å². The van der Waals surface area contributed by atoms with Gasteiger partial charge in [0.05, 0.1) is 0 Å². The number of nitrogens with zero attached hydrogens (tertiary/aromatic N) is 1. The van der Waals surface area contributed by atoms with Crippen LogP contribution in [0.4, 0.5) is 0 Å². The number of hydrogen-bond donors (Lipinski definition) is 2. The second kappa shape index (κ2) is 6.17. The van der Waals surface area contributed by atoms with Crippen molar-refractivity contribution in [2.75, 3.05) is 19.7 Å². The van der Waals surface area contributed by atoms with Crippen LogP contribution in [0.25, 0.3) is 11.1 Å². The molecular formula is C15H22N2O2. The van der Waals surface area contributed by atoms with Gasteiger partial charge in [0.2, 0.25) is 0 Å². The summed E-state index contributed by atoms with van der Waals surface area (Å²) >= 11 is 0. The molecule has 4 heteroatoms. The molecule has 2 N–H and O–H groups in total. The first-order valence-electron chi connectivity index (χ1n) is 6.79. The van der Waals surface area contributed by atoms with Gasteiger partial charge in [-0.3, -0.25) is 0 Å². The third-order valence-electron chi connectivity index (χ3n) is 3.44. The van der Waals surface area contributed by atoms with Gasteiger partial charge in [-0.1, -0.05) is 19.9 Å². The van der Waals surface area contributed by atoms with Crippen LogP contribution in [0.5, 0.6) is 0 Å². The summed E-state index contributed by atoms with van der Waals surface area (Å²) in [4.78, 5) is 4.13. The molecule has 1 aromatic carbocycles. The Hall–Kier alpha value is -1.39. The first-order chi connectivity index (χ1) is 9.13. The van der Waals surface area contributed by atoms with Crippen molar-refractivity contribution < 1.29 is 9.52 Å². The number of rotatable bonds is 7. The Kier molecular flexibility index (Phi) is 4.56. The number of aliphatic hydroxyl groups is 1. The van der Waals surface area contributed by atoms with Gasteiger partial charge in [0.25, 0.3) is 0 Å². The second-order valence-corrected chi connectivity index (χ2v) is 5.53. The van der Waals surface area contributed by atoms with E-state index in [2.05, 4.69) is 36.3 Å². The van der Waals surface area contributed by atoms with Crippen LogP contribution in [0.2, 0.25) is 0 Å². The van der Waals surface area contributed by atoms with Gasteiger partial charge in [0.15, 0.2) is 12.0 Å². The van der Waals surface area contributed by atoms with Gasteiger partial charge in [-0.25, -0.2) is 4.98 Å². The van der Waals surface area contributed by atoms with E-state index in [9.17, 15) is 0 Å². The highest BCUT2D eigenvalue weighted by Crippen LogP contribution is 2.25. The Morgan fingerprint density at radius 3 is 2.95 bits per heavy atom. The molecule has 0 saturated heterocycles. The standard InChI is InChI=1S/C15H22N2O2/c1-15(2,10-16-7-3-4-8-18)12-5-6-13-14(9-12)19-11-17-13/h5-6,9,11,16,18H,3-4,7-8,10H2,1-2H3. The molecule has 4 nitrogen and oxygen atoms in total. The highest BCUT2D eigenvalue weighted by molar-refractivity contribution is 5.73. The van der Waals surface area contributed by atoms with E-state index in [1.54, 1.807) is 0 Å². The Morgan fingerprint density at radius 1 is 1.32 bits per heavy atom. The van der Waals surface area contributed by atoms with Gasteiger partial charge in [0.1, 0.15) is 5.52 Å². The van der Waals surface area contributed by atoms with Crippen molar-refractivity contribution in [3.05, 3.63) is 30.2 Å². The molecule has 1 aromatic heterocycles. The van der Waals surface area contributed by atoms with Crippen LogP contribution in [0.15, 0.2) is 29.0 Å². The molecule has 0 bridgehead atoms. The van der Waals surface area contributed by atoms with E-state index < -0.39 is 0 Å². The summed E-state index contributed by atoms with van der Waals surface area (Å²) in [7, 11) is 0. The molecule has 0 atom stereocenters. The predicted octanol–water partition coefficient (Wildman–Crippen LogP) is 2.47. The lowest BCUT2D eigenvalue weighted by Gasteiger charge is -2.25. The highest BCUT2D eigenvalue weighted by atomic mass is 16.3. The number of fused-ring (bicyclic) bond motifs is 1. The van der Waals surface area contributed by atoms with E-state index in [1.165, 1.54) is 12.0 Å². The average molecular weight is 262 g/mol. The van der Waals surface area contributed by atoms with E-state index >= 15 is 0 Å². The molecule has 1 heterocycles. The number of hydrogen-bond acceptors (Lipinski definition) is 4. The van der Waals surface area contributed by atoms with Gasteiger partial charge in [-0.2, -0.15) is 0 Å². The fourth-order valence-electron chi connectivity index (χ4n) is 2.14. The quantitative estimate of drug-likeness (QED) is 0.753. The van der Waals surface area contributed by atoms with E-state index in [0.29, 0.717) is 0 Å². The summed E-state index contributed by atoms with van der Waals surface area (Å²) in [6, 6.07) is 6.18. The number of aliphatic hydroxyl groups excluding tert-OH is 1. The fraction of sp³-hybridized carbons (Fsp3) is 0.533. The second-order valence-electron chi connectivity index (χ2n) is 5.53. The van der Waals surface area contributed by atoms with Crippen molar-refractivity contribution in [2.45, 2.75) is 32.1 Å². The maximum Gasteiger partial charge on any atom is 0.181 e. The first kappa shape index (κ1) is 14.0. The molecule has 0 aliphatic carbocycles. The lowest BCUT2D eigenvalue weighted by Crippen LogP contribution is -2.33. The van der Waals surface area contributed by atoms with E-state index in [1.807, 2.05) is 6.07 Å². The molecule has 0 fully saturated rings. The van der Waals surface area contributed by atoms with E-state index in [-0.39, 0.29) is 12.0 Å². The number of nitrogens with one attached hydrogen (secondary N) is 1. The fourth-order valence-corrected chi connectivity index (χ4v) is 2.14. The van der Waals surface area contributed by atoms with Crippen molar-refractivity contribution >= 4 is 11.1 Å². The molecule has 0 unspecified atom stereocenters. The Morgan fingerprint density at radius 2 is 2.16 bits per heavy atom. The maximum atomic E-state index is 8.74. The van der Waals surface area contributed by atoms with Crippen molar-refractivity contribution in [3.63, 3.8) is 0 Å². The summed E-state index contributed by atoms with van der Waals surface area (Å²) < 4.78 is 5.35. The smallest absolute Gasteiger partial charge is 0.181 e. The van der Waals surface area contributed by atoms with Crippen LogP contribution < -0.4 is 5.32 Å². The highest BCUT2D eigenvalue weighted by Gasteiger charge is 2.20. The summed E-state index contributed by atoms with van der Waals surface area (Å²) in [5.74, 6) is 0. The molecule has 0 saturated carbocycles. The summed E-state index contributed by atoms with van der Waals surface area (Å²) in [6.45, 7) is 6.53. The third-order valence-corrected chi connectivity index (χ3v) is 3.44. The van der Waals surface area contributed by atoms with E-state index in [4.69, 9.17) is 9.52 Å². The van der Waals surface area contributed by atoms with Gasteiger partial charge in [-0.05, 0) is 37.1 Å². The molecule has 104 valence electrons. The summed E-state index contributed by atoms with van der Waals surface area (Å²) in [5.41, 5.74) is 3.02. The Balaban J connectivity index is 1.97. The Bertz CT molecular complexity index is 520. The van der Waals surface area contributed by atoms with E-state index in [0.717, 1.165) is 37.0 Å². The van der Waals surface area contributed by atoms with Crippen molar-refractivity contribution in [1.29, 1.82) is 0 Å². The molecule has 0 radical (unpaired) electrons. The van der Waals surface area contributed by atoms with Gasteiger partial charge in [-0.15, -0.1) is 0 Å². The van der Waals surface area contributed by atoms with Gasteiger partial charge in [0, 0.05) is 18.6 Å². The minimum atomic E-state index is 0.0419. The van der Waals surface area contributed by atoms with Crippen LogP contribution >= 0.6 is 0 Å². The lowest BCUT2D eigenvalue weighted by atomic mass is 9.84. The van der Waals surface area contributed by atoms with Crippen LogP contribution in [0, 0.1) is 0 Å². The molecule has 2 rings (SSSR count). The zero-order valence-corrected chi connectivity index (χ0v) is 11.6. The first-order valence-corrected chi connectivity index (χ1v) is 6.79. The van der Waals surface area contributed by atoms with Crippen LogP contribution in [-0.2, 0) is 5.41 Å². The molecule has 0 aliphatic heterocycles. The van der Waals surface area contributed by atoms with Crippen molar-refractivity contribution in [2.24, 2.45) is 0 Å². The van der Waals surface area contributed by atoms with Gasteiger partial charge >= 0.3 is 0 Å². The molecule has 0 spiro atoms. The number of benzene rings is 1. The number of unbranched alkanes of at least 4 members (excludes halogenated alkanes) is 1. The monoisotopic (exact) mass is 262 g/mol. The molecule has 0 aliphatic rings. The maximum absolute atomic E-state index is 8.74. The molecule has 2 aromatic rings. The van der Waals surface area contributed by atoms with Crippen LogP contribution in [0.3, 0.4) is 0 Å². The molecule has 19 heavy (non-hydrogen) atoms. The van der Waals surface area contributed by atoms with Crippen LogP contribution in [-0.4, -0.2) is 29.8 Å². The normalized spacial score (nSPS) is 12.2. The predicted molar refractivity (Wildman–Crippen MR) is 76.2 cm³/mol. The zero-order valence-electron chi connectivity index (χ0n) is 11.6. The SMILES string of the molecule is CC(C)(CNCCCCO)c1ccc2ncoc2c1. The minimum absolute atomic E-state index is 0.0419. The third kappa shape index (κ3) is 3.55. The molecular weight excluding hydrogens is 240 g/mol. The lowest BCUT2D eigenvalue weighted by molar-refractivity contribution is 0.283. The minimum Gasteiger partial charge on any atom is -0.443 e. The van der Waals surface area contributed by atoms with Crippen molar-refractivity contribution in [1.82, 2.24) is 10.3 Å². The summed E-state index contributed by atoms with van der Waals surface area (Å²) in [5, 5.41) is 12.2. The number of oxazole rings is 1. The number of aromatic nitrogens is 1. The zero-order chi connectivity index (χ0) is 13.7. The summed E-state index contributed by atoms with van der Waals surface area (Å²) in [6.07, 6.45) is 3.35. The molecule has 0 amide bonds.